The molecule has 6 nitrogen and oxygen atoms in total. The number of esters is 1. The van der Waals surface area contributed by atoms with Gasteiger partial charge in [0.25, 0.3) is 0 Å². The molecule has 0 spiro atoms. The van der Waals surface area contributed by atoms with E-state index in [1.165, 1.54) is 12.1 Å². The topological polar surface area (TPSA) is 95.2 Å². The monoisotopic (exact) mass is 371 g/mol. The van der Waals surface area contributed by atoms with Gasteiger partial charge in [-0.25, -0.2) is 19.2 Å². The van der Waals surface area contributed by atoms with Gasteiger partial charge in [0.1, 0.15) is 28.7 Å². The third-order valence-corrected chi connectivity index (χ3v) is 4.34. The molecule has 1 unspecified atom stereocenters. The van der Waals surface area contributed by atoms with Crippen molar-refractivity contribution in [1.82, 2.24) is 9.97 Å². The molecule has 1 fully saturated rings. The van der Waals surface area contributed by atoms with Crippen LogP contribution in [0.4, 0.5) is 10.2 Å². The summed E-state index contributed by atoms with van der Waals surface area (Å²) in [6, 6.07) is 4.11. The Morgan fingerprint density at radius 3 is 2.67 bits per heavy atom. The van der Waals surface area contributed by atoms with Gasteiger partial charge in [-0.2, -0.15) is 0 Å². The van der Waals surface area contributed by atoms with Crippen molar-refractivity contribution in [2.75, 3.05) is 5.73 Å². The Balaban J connectivity index is 1.91. The number of nitrogen functional groups attached to an aromatic ring is 1. The first kappa shape index (κ1) is 18.9. The molecule has 1 atom stereocenters. The predicted octanol–water partition coefficient (Wildman–Crippen LogP) is 3.66. The number of carbonyl (C=O) groups excluding carboxylic acids is 2. The van der Waals surface area contributed by atoms with E-state index in [9.17, 15) is 14.0 Å². The first-order valence-electron chi connectivity index (χ1n) is 8.81. The Hall–Kier alpha value is -2.83. The molecule has 0 amide bonds. The molecule has 3 rings (SSSR count). The Labute approximate surface area is 157 Å². The zero-order valence-electron chi connectivity index (χ0n) is 15.6. The van der Waals surface area contributed by atoms with Crippen LogP contribution in [-0.2, 0) is 9.53 Å². The SMILES string of the molecule is CC(C)(C)OC(=O)c1ccc(-c2nc(C3CCC(=O)C3)cnc2N)cc1F. The zero-order chi connectivity index (χ0) is 19.8. The molecule has 2 N–H and O–H groups in total. The van der Waals surface area contributed by atoms with Crippen LogP contribution in [0.1, 0.15) is 62.0 Å². The van der Waals surface area contributed by atoms with E-state index in [0.717, 1.165) is 6.42 Å². The molecule has 1 aliphatic rings. The van der Waals surface area contributed by atoms with Crippen molar-refractivity contribution < 1.29 is 18.7 Å². The highest BCUT2D eigenvalue weighted by atomic mass is 19.1. The summed E-state index contributed by atoms with van der Waals surface area (Å²) in [5.41, 5.74) is 6.47. The van der Waals surface area contributed by atoms with Gasteiger partial charge in [-0.05, 0) is 39.3 Å². The van der Waals surface area contributed by atoms with Gasteiger partial charge in [0, 0.05) is 24.3 Å². The number of aromatic nitrogens is 2. The lowest BCUT2D eigenvalue weighted by Gasteiger charge is -2.19. The Kier molecular flexibility index (Phi) is 4.95. The van der Waals surface area contributed by atoms with Crippen LogP contribution in [-0.4, -0.2) is 27.3 Å². The summed E-state index contributed by atoms with van der Waals surface area (Å²) in [6.07, 6.45) is 3.26. The van der Waals surface area contributed by atoms with Gasteiger partial charge in [0.05, 0.1) is 17.5 Å². The van der Waals surface area contributed by atoms with Crippen molar-refractivity contribution in [2.24, 2.45) is 0 Å². The fourth-order valence-corrected chi connectivity index (χ4v) is 3.05. The van der Waals surface area contributed by atoms with Gasteiger partial charge >= 0.3 is 5.97 Å². The second-order valence-electron chi connectivity index (χ2n) is 7.70. The minimum absolute atomic E-state index is 0.00948. The van der Waals surface area contributed by atoms with E-state index in [1.807, 2.05) is 0 Å². The first-order valence-corrected chi connectivity index (χ1v) is 8.81. The van der Waals surface area contributed by atoms with E-state index in [0.29, 0.717) is 29.8 Å². The number of halogens is 1. The molecule has 1 saturated carbocycles. The molecule has 1 heterocycles. The van der Waals surface area contributed by atoms with Gasteiger partial charge in [0.2, 0.25) is 0 Å². The summed E-state index contributed by atoms with van der Waals surface area (Å²) in [4.78, 5) is 32.3. The standard InChI is InChI=1S/C20H22FN3O3/c1-20(2,3)27-19(26)14-7-5-12(9-15(14)21)17-18(22)23-10-16(24-17)11-4-6-13(25)8-11/h5,7,9-11H,4,6,8H2,1-3H3,(H2,22,23). The summed E-state index contributed by atoms with van der Waals surface area (Å²) in [5.74, 6) is -1.08. The number of ether oxygens (including phenoxy) is 1. The summed E-state index contributed by atoms with van der Waals surface area (Å²) >= 11 is 0. The molecule has 0 radical (unpaired) electrons. The molecule has 0 aliphatic heterocycles. The maximum atomic E-state index is 14.5. The molecule has 0 bridgehead atoms. The van der Waals surface area contributed by atoms with E-state index >= 15 is 0 Å². The van der Waals surface area contributed by atoms with Crippen LogP contribution in [0.5, 0.6) is 0 Å². The van der Waals surface area contributed by atoms with Gasteiger partial charge < -0.3 is 10.5 Å². The highest BCUT2D eigenvalue weighted by Crippen LogP contribution is 2.33. The molecular weight excluding hydrogens is 349 g/mol. The largest absolute Gasteiger partial charge is 0.456 e. The van der Waals surface area contributed by atoms with Crippen molar-refractivity contribution in [3.63, 3.8) is 0 Å². The lowest BCUT2D eigenvalue weighted by atomic mass is 10.0. The third-order valence-electron chi connectivity index (χ3n) is 4.34. The summed E-state index contributed by atoms with van der Waals surface area (Å²) in [5, 5.41) is 0. The lowest BCUT2D eigenvalue weighted by molar-refractivity contribution is -0.117. The van der Waals surface area contributed by atoms with Crippen LogP contribution in [0.15, 0.2) is 24.4 Å². The van der Waals surface area contributed by atoms with Crippen LogP contribution >= 0.6 is 0 Å². The number of nitrogens with two attached hydrogens (primary N) is 1. The van der Waals surface area contributed by atoms with E-state index in [4.69, 9.17) is 10.5 Å². The van der Waals surface area contributed by atoms with Crippen LogP contribution in [0.25, 0.3) is 11.3 Å². The number of ketones is 1. The Morgan fingerprint density at radius 1 is 1.33 bits per heavy atom. The Morgan fingerprint density at radius 2 is 2.07 bits per heavy atom. The average Bonchev–Trinajstić information content (AvgIpc) is 3.00. The van der Waals surface area contributed by atoms with Crippen LogP contribution in [0.3, 0.4) is 0 Å². The number of nitrogens with zero attached hydrogens (tertiary/aromatic N) is 2. The second-order valence-corrected chi connectivity index (χ2v) is 7.70. The zero-order valence-corrected chi connectivity index (χ0v) is 15.6. The fraction of sp³-hybridized carbons (Fsp3) is 0.400. The summed E-state index contributed by atoms with van der Waals surface area (Å²) < 4.78 is 19.7. The quantitative estimate of drug-likeness (QED) is 0.828. The van der Waals surface area contributed by atoms with Crippen molar-refractivity contribution >= 4 is 17.6 Å². The van der Waals surface area contributed by atoms with Crippen LogP contribution < -0.4 is 5.73 Å². The molecule has 1 aliphatic carbocycles. The number of hydrogen-bond donors (Lipinski definition) is 1. The van der Waals surface area contributed by atoms with Crippen LogP contribution in [0.2, 0.25) is 0 Å². The summed E-state index contributed by atoms with van der Waals surface area (Å²) in [6.45, 7) is 5.15. The number of rotatable bonds is 3. The highest BCUT2D eigenvalue weighted by molar-refractivity contribution is 5.91. The minimum Gasteiger partial charge on any atom is -0.456 e. The van der Waals surface area contributed by atoms with Gasteiger partial charge in [0.15, 0.2) is 0 Å². The van der Waals surface area contributed by atoms with Gasteiger partial charge in [-0.1, -0.05) is 6.07 Å². The molecule has 7 heteroatoms. The fourth-order valence-electron chi connectivity index (χ4n) is 3.05. The molecule has 142 valence electrons. The predicted molar refractivity (Wildman–Crippen MR) is 98.6 cm³/mol. The molecule has 27 heavy (non-hydrogen) atoms. The Bertz CT molecular complexity index is 906. The van der Waals surface area contributed by atoms with Crippen molar-refractivity contribution in [2.45, 2.75) is 51.6 Å². The maximum absolute atomic E-state index is 14.5. The second kappa shape index (κ2) is 7.06. The van der Waals surface area contributed by atoms with Crippen molar-refractivity contribution in [3.05, 3.63) is 41.5 Å². The number of benzene rings is 1. The summed E-state index contributed by atoms with van der Waals surface area (Å²) in [7, 11) is 0. The molecule has 1 aromatic carbocycles. The normalized spacial score (nSPS) is 17.2. The van der Waals surface area contributed by atoms with E-state index < -0.39 is 17.4 Å². The molecule has 0 saturated heterocycles. The van der Waals surface area contributed by atoms with Gasteiger partial charge in [-0.15, -0.1) is 0 Å². The molecule has 2 aromatic rings. The maximum Gasteiger partial charge on any atom is 0.341 e. The van der Waals surface area contributed by atoms with Crippen molar-refractivity contribution in [3.8, 4) is 11.3 Å². The van der Waals surface area contributed by atoms with Gasteiger partial charge in [-0.3, -0.25) is 4.79 Å². The number of hydrogen-bond acceptors (Lipinski definition) is 6. The average molecular weight is 371 g/mol. The van der Waals surface area contributed by atoms with E-state index in [-0.39, 0.29) is 23.1 Å². The third kappa shape index (κ3) is 4.30. The number of anilines is 1. The van der Waals surface area contributed by atoms with E-state index in [1.54, 1.807) is 33.0 Å². The lowest BCUT2D eigenvalue weighted by Crippen LogP contribution is -2.24. The van der Waals surface area contributed by atoms with E-state index in [2.05, 4.69) is 9.97 Å². The molecular formula is C20H22FN3O3. The highest BCUT2D eigenvalue weighted by Gasteiger charge is 2.26. The first-order chi connectivity index (χ1) is 12.6. The smallest absolute Gasteiger partial charge is 0.341 e. The minimum atomic E-state index is -0.733. The van der Waals surface area contributed by atoms with Crippen LogP contribution in [0, 0.1) is 5.82 Å². The van der Waals surface area contributed by atoms with Crippen molar-refractivity contribution in [1.29, 1.82) is 0 Å². The number of Topliss-reactive ketones (excluding diaryl/α,β-unsaturated/α-hetero) is 1. The number of carbonyl (C=O) groups is 2. The molecule has 1 aromatic heterocycles.